The Morgan fingerprint density at radius 3 is 2.59 bits per heavy atom. The quantitative estimate of drug-likeness (QED) is 0.355. The van der Waals surface area contributed by atoms with Gasteiger partial charge in [0.05, 0.1) is 6.54 Å². The predicted molar refractivity (Wildman–Crippen MR) is 72.7 cm³/mol. The Morgan fingerprint density at radius 1 is 1.47 bits per heavy atom. The van der Waals surface area contributed by atoms with Gasteiger partial charge in [0.2, 0.25) is 0 Å². The first kappa shape index (κ1) is 14.0. The second-order valence-electron chi connectivity index (χ2n) is 4.31. The fraction of sp³-hybridized carbons (Fsp3) is 0.583. The van der Waals surface area contributed by atoms with Gasteiger partial charge in [-0.25, -0.2) is 0 Å². The fourth-order valence-electron chi connectivity index (χ4n) is 1.56. The molecule has 0 radical (unpaired) electrons. The minimum atomic E-state index is 0.256. The van der Waals surface area contributed by atoms with Gasteiger partial charge < -0.3 is 10.9 Å². The number of hydrogen-bond acceptors (Lipinski definition) is 4. The summed E-state index contributed by atoms with van der Waals surface area (Å²) in [4.78, 5) is 4.90. The average Bonchev–Trinajstić information content (AvgIpc) is 2.75. The first-order chi connectivity index (χ1) is 8.06. The maximum Gasteiger partial charge on any atom is 0.153 e. The largest absolute Gasteiger partial charge is 0.409 e. The Morgan fingerprint density at radius 2 is 2.12 bits per heavy atom. The van der Waals surface area contributed by atoms with Crippen molar-refractivity contribution < 1.29 is 5.21 Å². The average molecular weight is 255 g/mol. The zero-order valence-electron chi connectivity index (χ0n) is 10.7. The summed E-state index contributed by atoms with van der Waals surface area (Å²) in [6, 6.07) is 4.69. The van der Waals surface area contributed by atoms with Crippen LogP contribution in [0.1, 0.15) is 30.5 Å². The molecular weight excluding hydrogens is 234 g/mol. The summed E-state index contributed by atoms with van der Waals surface area (Å²) in [7, 11) is 0. The SMILES string of the molecule is CCc1ccc(CN(CC(N)=NO)C(C)C)s1. The summed E-state index contributed by atoms with van der Waals surface area (Å²) in [6.07, 6.45) is 1.08. The van der Waals surface area contributed by atoms with Crippen LogP contribution >= 0.6 is 11.3 Å². The highest BCUT2D eigenvalue weighted by molar-refractivity contribution is 7.11. The molecule has 1 heterocycles. The van der Waals surface area contributed by atoms with Gasteiger partial charge in [-0.15, -0.1) is 11.3 Å². The number of thiophene rings is 1. The summed E-state index contributed by atoms with van der Waals surface area (Å²) in [5.74, 6) is 0.256. The maximum absolute atomic E-state index is 8.61. The number of amidine groups is 1. The Kier molecular flexibility index (Phi) is 5.44. The van der Waals surface area contributed by atoms with Crippen molar-refractivity contribution in [2.75, 3.05) is 6.54 Å². The van der Waals surface area contributed by atoms with Crippen LogP contribution in [0.5, 0.6) is 0 Å². The zero-order valence-corrected chi connectivity index (χ0v) is 11.5. The van der Waals surface area contributed by atoms with Crippen LogP contribution in [0, 0.1) is 0 Å². The van der Waals surface area contributed by atoms with Crippen LogP contribution in [0.15, 0.2) is 17.3 Å². The van der Waals surface area contributed by atoms with E-state index in [0.29, 0.717) is 12.6 Å². The van der Waals surface area contributed by atoms with Crippen molar-refractivity contribution in [3.63, 3.8) is 0 Å². The second-order valence-corrected chi connectivity index (χ2v) is 5.56. The lowest BCUT2D eigenvalue weighted by Crippen LogP contribution is -2.37. The summed E-state index contributed by atoms with van der Waals surface area (Å²) >= 11 is 1.83. The number of oxime groups is 1. The molecule has 0 fully saturated rings. The van der Waals surface area contributed by atoms with Crippen LogP contribution in [0.25, 0.3) is 0 Å². The van der Waals surface area contributed by atoms with Gasteiger partial charge in [-0.1, -0.05) is 12.1 Å². The van der Waals surface area contributed by atoms with Crippen molar-refractivity contribution in [3.8, 4) is 0 Å². The number of aryl methyl sites for hydroxylation is 1. The van der Waals surface area contributed by atoms with Gasteiger partial charge in [-0.05, 0) is 32.4 Å². The summed E-state index contributed by atoms with van der Waals surface area (Å²) in [6.45, 7) is 7.72. The molecule has 0 atom stereocenters. The van der Waals surface area contributed by atoms with Crippen LogP contribution in [-0.2, 0) is 13.0 Å². The van der Waals surface area contributed by atoms with E-state index in [-0.39, 0.29) is 5.84 Å². The normalized spacial score (nSPS) is 12.6. The number of rotatable bonds is 6. The number of nitrogens with two attached hydrogens (primary N) is 1. The molecule has 1 rings (SSSR count). The monoisotopic (exact) mass is 255 g/mol. The standard InChI is InChI=1S/C12H21N3OS/c1-4-10-5-6-11(17-10)7-15(9(2)3)8-12(13)14-16/h5-6,9,16H,4,7-8H2,1-3H3,(H2,13,14). The second kappa shape index (κ2) is 6.61. The molecule has 0 aliphatic carbocycles. The van der Waals surface area contributed by atoms with E-state index in [4.69, 9.17) is 10.9 Å². The summed E-state index contributed by atoms with van der Waals surface area (Å²) in [5.41, 5.74) is 5.56. The third-order valence-corrected chi connectivity index (χ3v) is 3.86. The number of nitrogens with zero attached hydrogens (tertiary/aromatic N) is 2. The Bertz CT molecular complexity index is 374. The van der Waals surface area contributed by atoms with Gasteiger partial charge in [-0.2, -0.15) is 0 Å². The molecule has 0 amide bonds. The van der Waals surface area contributed by atoms with Gasteiger partial charge in [0.15, 0.2) is 5.84 Å². The van der Waals surface area contributed by atoms with E-state index < -0.39 is 0 Å². The van der Waals surface area contributed by atoms with Crippen LogP contribution < -0.4 is 5.73 Å². The van der Waals surface area contributed by atoms with Crippen molar-refractivity contribution in [3.05, 3.63) is 21.9 Å². The first-order valence-electron chi connectivity index (χ1n) is 5.84. The van der Waals surface area contributed by atoms with Crippen LogP contribution in [-0.4, -0.2) is 28.5 Å². The van der Waals surface area contributed by atoms with Crippen LogP contribution in [0.4, 0.5) is 0 Å². The smallest absolute Gasteiger partial charge is 0.153 e. The lowest BCUT2D eigenvalue weighted by atomic mass is 10.3. The van der Waals surface area contributed by atoms with Gasteiger partial charge in [0.1, 0.15) is 0 Å². The molecule has 0 bridgehead atoms. The van der Waals surface area contributed by atoms with Crippen molar-refractivity contribution in [1.82, 2.24) is 4.90 Å². The predicted octanol–water partition coefficient (Wildman–Crippen LogP) is 2.27. The molecule has 96 valence electrons. The van der Waals surface area contributed by atoms with E-state index in [1.807, 2.05) is 11.3 Å². The molecular formula is C12H21N3OS. The molecule has 0 saturated heterocycles. The first-order valence-corrected chi connectivity index (χ1v) is 6.66. The highest BCUT2D eigenvalue weighted by atomic mass is 32.1. The van der Waals surface area contributed by atoms with Crippen LogP contribution in [0.3, 0.4) is 0 Å². The van der Waals surface area contributed by atoms with E-state index in [1.54, 1.807) is 0 Å². The molecule has 0 unspecified atom stereocenters. The lowest BCUT2D eigenvalue weighted by Gasteiger charge is -2.24. The van der Waals surface area contributed by atoms with Gasteiger partial charge in [0, 0.05) is 22.3 Å². The van der Waals surface area contributed by atoms with E-state index in [2.05, 4.69) is 43.0 Å². The van der Waals surface area contributed by atoms with Gasteiger partial charge >= 0.3 is 0 Å². The third-order valence-electron chi connectivity index (χ3n) is 2.65. The highest BCUT2D eigenvalue weighted by Crippen LogP contribution is 2.19. The molecule has 4 nitrogen and oxygen atoms in total. The Labute approximate surface area is 107 Å². The highest BCUT2D eigenvalue weighted by Gasteiger charge is 2.13. The lowest BCUT2D eigenvalue weighted by molar-refractivity contribution is 0.240. The zero-order chi connectivity index (χ0) is 12.8. The molecule has 0 aliphatic heterocycles. The van der Waals surface area contributed by atoms with Gasteiger partial charge in [-0.3, -0.25) is 4.90 Å². The fourth-order valence-corrected chi connectivity index (χ4v) is 2.54. The van der Waals surface area contributed by atoms with E-state index >= 15 is 0 Å². The summed E-state index contributed by atoms with van der Waals surface area (Å²) in [5, 5.41) is 11.6. The minimum absolute atomic E-state index is 0.256. The topological polar surface area (TPSA) is 61.8 Å². The molecule has 1 aromatic rings. The van der Waals surface area contributed by atoms with E-state index in [9.17, 15) is 0 Å². The molecule has 1 aromatic heterocycles. The molecule has 5 heteroatoms. The molecule has 0 aliphatic rings. The van der Waals surface area contributed by atoms with Crippen molar-refractivity contribution in [1.29, 1.82) is 0 Å². The van der Waals surface area contributed by atoms with E-state index in [0.717, 1.165) is 13.0 Å². The van der Waals surface area contributed by atoms with E-state index in [1.165, 1.54) is 9.75 Å². The summed E-state index contributed by atoms with van der Waals surface area (Å²) < 4.78 is 0. The van der Waals surface area contributed by atoms with Crippen molar-refractivity contribution in [2.45, 2.75) is 39.8 Å². The van der Waals surface area contributed by atoms with Crippen molar-refractivity contribution >= 4 is 17.2 Å². The molecule has 3 N–H and O–H groups in total. The maximum atomic E-state index is 8.61. The van der Waals surface area contributed by atoms with Gasteiger partial charge in [0.25, 0.3) is 0 Å². The molecule has 0 spiro atoms. The molecule has 0 saturated carbocycles. The number of hydrogen-bond donors (Lipinski definition) is 2. The Hall–Kier alpha value is -1.07. The van der Waals surface area contributed by atoms with Crippen molar-refractivity contribution in [2.24, 2.45) is 10.9 Å². The molecule has 17 heavy (non-hydrogen) atoms. The minimum Gasteiger partial charge on any atom is -0.409 e. The third kappa shape index (κ3) is 4.36. The van der Waals surface area contributed by atoms with Crippen LogP contribution in [0.2, 0.25) is 0 Å². The molecule has 0 aromatic carbocycles. The Balaban J connectivity index is 2.66.